The Morgan fingerprint density at radius 1 is 1.17 bits per heavy atom. The van der Waals surface area contributed by atoms with Crippen LogP contribution in [-0.2, 0) is 4.84 Å². The molecule has 0 atom stereocenters. The molecular formula is C18H14ClNO2S. The van der Waals surface area contributed by atoms with Gasteiger partial charge in [-0.15, -0.1) is 11.3 Å². The van der Waals surface area contributed by atoms with Gasteiger partial charge in [-0.1, -0.05) is 35.0 Å². The van der Waals surface area contributed by atoms with Crippen molar-refractivity contribution in [3.8, 4) is 0 Å². The number of thiophene rings is 1. The van der Waals surface area contributed by atoms with E-state index in [9.17, 15) is 4.79 Å². The molecule has 0 fully saturated rings. The second-order valence-electron chi connectivity index (χ2n) is 5.12. The maximum atomic E-state index is 11.9. The fourth-order valence-electron chi connectivity index (χ4n) is 2.32. The van der Waals surface area contributed by atoms with Gasteiger partial charge in [-0.3, -0.25) is 0 Å². The molecule has 0 bridgehead atoms. The summed E-state index contributed by atoms with van der Waals surface area (Å²) in [5.41, 5.74) is 2.23. The number of hydrogen-bond donors (Lipinski definition) is 0. The van der Waals surface area contributed by atoms with Gasteiger partial charge in [-0.05, 0) is 55.1 Å². The third-order valence-electron chi connectivity index (χ3n) is 3.50. The van der Waals surface area contributed by atoms with Crippen LogP contribution in [0.4, 0.5) is 0 Å². The van der Waals surface area contributed by atoms with E-state index in [1.165, 1.54) is 0 Å². The zero-order valence-corrected chi connectivity index (χ0v) is 14.2. The topological polar surface area (TPSA) is 38.7 Å². The molecule has 0 saturated heterocycles. The Bertz CT molecular complexity index is 900. The number of aryl methyl sites for hydroxylation is 1. The molecule has 0 N–H and O–H groups in total. The Kier molecular flexibility index (Phi) is 4.46. The van der Waals surface area contributed by atoms with E-state index in [1.807, 2.05) is 38.1 Å². The summed E-state index contributed by atoms with van der Waals surface area (Å²) in [5, 5.41) is 5.80. The van der Waals surface area contributed by atoms with Gasteiger partial charge in [0.2, 0.25) is 0 Å². The van der Waals surface area contributed by atoms with Crippen molar-refractivity contribution in [2.75, 3.05) is 0 Å². The van der Waals surface area contributed by atoms with Crippen LogP contribution in [0, 0.1) is 6.92 Å². The van der Waals surface area contributed by atoms with Crippen LogP contribution in [0.5, 0.6) is 0 Å². The van der Waals surface area contributed by atoms with Crippen LogP contribution in [0.2, 0.25) is 5.02 Å². The van der Waals surface area contributed by atoms with Gasteiger partial charge in [0.1, 0.15) is 0 Å². The summed E-state index contributed by atoms with van der Waals surface area (Å²) < 4.78 is 1.13. The second-order valence-corrected chi connectivity index (χ2v) is 6.61. The Morgan fingerprint density at radius 2 is 1.91 bits per heavy atom. The number of carbonyl (C=O) groups is 1. The highest BCUT2D eigenvalue weighted by Gasteiger charge is 2.13. The largest absolute Gasteiger partial charge is 0.365 e. The summed E-state index contributed by atoms with van der Waals surface area (Å²) in [4.78, 5) is 18.0. The van der Waals surface area contributed by atoms with Crippen LogP contribution in [0.3, 0.4) is 0 Å². The smallest absolute Gasteiger partial charge is 0.313 e. The van der Waals surface area contributed by atoms with E-state index in [1.54, 1.807) is 35.6 Å². The average molecular weight is 344 g/mol. The van der Waals surface area contributed by atoms with Crippen molar-refractivity contribution >= 4 is 44.7 Å². The minimum atomic E-state index is -0.466. The number of carbonyl (C=O) groups excluding carboxylic acids is 1. The molecule has 0 aliphatic rings. The lowest BCUT2D eigenvalue weighted by atomic mass is 10.1. The Morgan fingerprint density at radius 3 is 2.65 bits per heavy atom. The summed E-state index contributed by atoms with van der Waals surface area (Å²) >= 11 is 7.66. The Balaban J connectivity index is 1.87. The summed E-state index contributed by atoms with van der Waals surface area (Å²) in [6.07, 6.45) is 0. The van der Waals surface area contributed by atoms with E-state index in [2.05, 4.69) is 5.16 Å². The minimum Gasteiger partial charge on any atom is -0.313 e. The van der Waals surface area contributed by atoms with E-state index < -0.39 is 5.97 Å². The molecule has 3 nitrogen and oxygen atoms in total. The van der Waals surface area contributed by atoms with Crippen LogP contribution < -0.4 is 0 Å². The number of nitrogens with zero attached hydrogens (tertiary/aromatic N) is 1. The Hall–Kier alpha value is -2.17. The zero-order valence-electron chi connectivity index (χ0n) is 12.7. The van der Waals surface area contributed by atoms with Crippen molar-refractivity contribution in [1.29, 1.82) is 0 Å². The molecule has 3 aromatic rings. The maximum absolute atomic E-state index is 11.9. The van der Waals surface area contributed by atoms with Crippen molar-refractivity contribution in [2.45, 2.75) is 13.8 Å². The maximum Gasteiger partial charge on any atom is 0.365 e. The Labute approximate surface area is 143 Å². The van der Waals surface area contributed by atoms with Crippen LogP contribution >= 0.6 is 22.9 Å². The molecule has 0 saturated carbocycles. The van der Waals surface area contributed by atoms with E-state index in [-0.39, 0.29) is 0 Å². The monoisotopic (exact) mass is 343 g/mol. The van der Waals surface area contributed by atoms with Gasteiger partial charge in [0, 0.05) is 9.72 Å². The average Bonchev–Trinajstić information content (AvgIpc) is 2.90. The first-order chi connectivity index (χ1) is 11.1. The molecule has 0 amide bonds. The van der Waals surface area contributed by atoms with Gasteiger partial charge in [-0.25, -0.2) is 4.79 Å². The molecule has 5 heteroatoms. The molecule has 23 heavy (non-hydrogen) atoms. The van der Waals surface area contributed by atoms with Crippen molar-refractivity contribution in [3.63, 3.8) is 0 Å². The normalized spacial score (nSPS) is 11.7. The highest BCUT2D eigenvalue weighted by atomic mass is 35.5. The van der Waals surface area contributed by atoms with Gasteiger partial charge in [0.25, 0.3) is 0 Å². The number of rotatable bonds is 3. The highest BCUT2D eigenvalue weighted by molar-refractivity contribution is 7.21. The first kappa shape index (κ1) is 15.7. The molecule has 2 aromatic carbocycles. The quantitative estimate of drug-likeness (QED) is 0.360. The summed E-state index contributed by atoms with van der Waals surface area (Å²) in [6.45, 7) is 3.85. The number of hydrogen-bond acceptors (Lipinski definition) is 4. The molecule has 0 aliphatic heterocycles. The van der Waals surface area contributed by atoms with Crippen LogP contribution in [0.25, 0.3) is 10.1 Å². The summed E-state index contributed by atoms with van der Waals surface area (Å²) in [5.74, 6) is -0.466. The van der Waals surface area contributed by atoms with Crippen molar-refractivity contribution in [3.05, 3.63) is 69.6 Å². The lowest BCUT2D eigenvalue weighted by molar-refractivity contribution is 0.0516. The number of halogens is 1. The second kappa shape index (κ2) is 6.52. The number of fused-ring (bicyclic) bond motifs is 1. The van der Waals surface area contributed by atoms with Gasteiger partial charge in [0.05, 0.1) is 16.2 Å². The van der Waals surface area contributed by atoms with Gasteiger partial charge >= 0.3 is 5.97 Å². The number of benzene rings is 2. The van der Waals surface area contributed by atoms with Crippen molar-refractivity contribution < 1.29 is 9.63 Å². The van der Waals surface area contributed by atoms with Crippen LogP contribution in [-0.4, -0.2) is 11.7 Å². The van der Waals surface area contributed by atoms with Crippen LogP contribution in [0.1, 0.15) is 27.7 Å². The molecule has 0 spiro atoms. The van der Waals surface area contributed by atoms with Crippen molar-refractivity contribution in [1.82, 2.24) is 0 Å². The first-order valence-corrected chi connectivity index (χ1v) is 8.25. The fraction of sp³-hybridized carbons (Fsp3) is 0.111. The third kappa shape index (κ3) is 3.28. The predicted molar refractivity (Wildman–Crippen MR) is 95.6 cm³/mol. The summed E-state index contributed by atoms with van der Waals surface area (Å²) in [7, 11) is 0. The third-order valence-corrected chi connectivity index (χ3v) is 5.12. The molecule has 0 radical (unpaired) electrons. The minimum absolute atomic E-state index is 0.466. The van der Waals surface area contributed by atoms with Crippen molar-refractivity contribution in [2.24, 2.45) is 5.16 Å². The lowest BCUT2D eigenvalue weighted by Gasteiger charge is -2.00. The zero-order chi connectivity index (χ0) is 16.4. The van der Waals surface area contributed by atoms with E-state index >= 15 is 0 Å². The molecule has 0 unspecified atom stereocenters. The summed E-state index contributed by atoms with van der Waals surface area (Å²) in [6, 6.07) is 14.6. The highest BCUT2D eigenvalue weighted by Crippen LogP contribution is 2.33. The van der Waals surface area contributed by atoms with E-state index in [0.29, 0.717) is 16.3 Å². The first-order valence-electron chi connectivity index (χ1n) is 7.06. The van der Waals surface area contributed by atoms with Gasteiger partial charge in [0.15, 0.2) is 0 Å². The molecule has 116 valence electrons. The number of oxime groups is 1. The molecule has 0 aliphatic carbocycles. The molecule has 3 rings (SSSR count). The van der Waals surface area contributed by atoms with Gasteiger partial charge in [-0.2, -0.15) is 0 Å². The van der Waals surface area contributed by atoms with E-state index in [0.717, 1.165) is 20.5 Å². The van der Waals surface area contributed by atoms with Gasteiger partial charge < -0.3 is 4.84 Å². The molecule has 1 heterocycles. The molecular weight excluding hydrogens is 330 g/mol. The van der Waals surface area contributed by atoms with Crippen LogP contribution in [0.15, 0.2) is 53.7 Å². The van der Waals surface area contributed by atoms with E-state index in [4.69, 9.17) is 16.4 Å². The predicted octanol–water partition coefficient (Wildman–Crippen LogP) is 5.44. The SMILES string of the molecule is CC(=NOC(=O)c1ccccc1)c1sc2ccc(Cl)cc2c1C. The standard InChI is InChI=1S/C18H14ClNO2S/c1-11-15-10-14(19)8-9-16(15)23-17(11)12(2)20-22-18(21)13-6-4-3-5-7-13/h3-10H,1-2H3. The fourth-order valence-corrected chi connectivity index (χ4v) is 3.61. The lowest BCUT2D eigenvalue weighted by Crippen LogP contribution is -2.03. The molecule has 1 aromatic heterocycles.